The minimum absolute atomic E-state index is 0.222. The monoisotopic (exact) mass is 231 g/mol. The maximum absolute atomic E-state index is 12.3. The number of rotatable bonds is 3. The molecule has 0 bridgehead atoms. The van der Waals surface area contributed by atoms with Crippen LogP contribution in [0.1, 0.15) is 41.6 Å². The molecule has 1 aliphatic carbocycles. The second-order valence-corrected chi connectivity index (χ2v) is 5.19. The Morgan fingerprint density at radius 1 is 1.29 bits per heavy atom. The molecule has 2 heteroatoms. The molecule has 0 amide bonds. The number of hydrogen-bond acceptors (Lipinski definition) is 2. The lowest BCUT2D eigenvalue weighted by molar-refractivity contribution is 0.0873. The molecule has 1 aromatic rings. The van der Waals surface area contributed by atoms with Crippen molar-refractivity contribution in [3.8, 4) is 0 Å². The molecule has 0 heterocycles. The van der Waals surface area contributed by atoms with E-state index >= 15 is 0 Å². The summed E-state index contributed by atoms with van der Waals surface area (Å²) >= 11 is 0. The molecule has 92 valence electrons. The molecule has 17 heavy (non-hydrogen) atoms. The highest BCUT2D eigenvalue weighted by atomic mass is 16.1. The average Bonchev–Trinajstić information content (AvgIpc) is 2.38. The van der Waals surface area contributed by atoms with E-state index in [4.69, 9.17) is 5.73 Å². The van der Waals surface area contributed by atoms with E-state index in [2.05, 4.69) is 0 Å². The van der Waals surface area contributed by atoms with E-state index in [0.29, 0.717) is 11.7 Å². The molecule has 1 saturated carbocycles. The van der Waals surface area contributed by atoms with E-state index in [0.717, 1.165) is 43.4 Å². The smallest absolute Gasteiger partial charge is 0.165 e. The van der Waals surface area contributed by atoms with Crippen molar-refractivity contribution >= 4 is 5.78 Å². The minimum Gasteiger partial charge on any atom is -0.330 e. The van der Waals surface area contributed by atoms with Gasteiger partial charge in [-0.15, -0.1) is 0 Å². The number of benzene rings is 1. The number of aryl methyl sites for hydroxylation is 1. The lowest BCUT2D eigenvalue weighted by Gasteiger charge is -2.26. The molecule has 2 N–H and O–H groups in total. The van der Waals surface area contributed by atoms with E-state index < -0.39 is 0 Å². The third-order valence-electron chi connectivity index (χ3n) is 3.85. The Morgan fingerprint density at radius 2 is 2.00 bits per heavy atom. The molecule has 0 spiro atoms. The number of nitrogens with two attached hydrogens (primary N) is 1. The number of hydrogen-bond donors (Lipinski definition) is 1. The third kappa shape index (κ3) is 2.95. The number of ketones is 1. The van der Waals surface area contributed by atoms with Gasteiger partial charge in [0.15, 0.2) is 5.78 Å². The number of carbonyl (C=O) groups is 1. The van der Waals surface area contributed by atoms with Gasteiger partial charge in [-0.05, 0) is 51.1 Å². The largest absolute Gasteiger partial charge is 0.330 e. The van der Waals surface area contributed by atoms with Crippen molar-refractivity contribution in [2.24, 2.45) is 17.6 Å². The van der Waals surface area contributed by atoms with E-state index in [1.807, 2.05) is 31.2 Å². The summed E-state index contributed by atoms with van der Waals surface area (Å²) in [7, 11) is 0. The normalized spacial score (nSPS) is 24.6. The summed E-state index contributed by atoms with van der Waals surface area (Å²) in [6.07, 6.45) is 4.24. The molecule has 1 aliphatic rings. The van der Waals surface area contributed by atoms with Crippen molar-refractivity contribution in [2.45, 2.75) is 32.6 Å². The summed E-state index contributed by atoms with van der Waals surface area (Å²) in [6, 6.07) is 7.93. The van der Waals surface area contributed by atoms with Crippen LogP contribution in [0, 0.1) is 18.8 Å². The predicted octanol–water partition coefficient (Wildman–Crippen LogP) is 2.94. The summed E-state index contributed by atoms with van der Waals surface area (Å²) in [6.45, 7) is 2.80. The molecule has 0 aliphatic heterocycles. The van der Waals surface area contributed by atoms with Crippen LogP contribution in [0.2, 0.25) is 0 Å². The van der Waals surface area contributed by atoms with Crippen LogP contribution >= 0.6 is 0 Å². The van der Waals surface area contributed by atoms with Gasteiger partial charge in [-0.2, -0.15) is 0 Å². The molecule has 2 nitrogen and oxygen atoms in total. The lowest BCUT2D eigenvalue weighted by atomic mass is 9.78. The molecule has 0 radical (unpaired) electrons. The summed E-state index contributed by atoms with van der Waals surface area (Å²) in [5.74, 6) is 1.18. The van der Waals surface area contributed by atoms with Crippen molar-refractivity contribution in [2.75, 3.05) is 6.54 Å². The molecule has 0 saturated heterocycles. The molecular weight excluding hydrogens is 210 g/mol. The van der Waals surface area contributed by atoms with Gasteiger partial charge in [0.25, 0.3) is 0 Å². The molecule has 2 rings (SSSR count). The highest BCUT2D eigenvalue weighted by Gasteiger charge is 2.26. The van der Waals surface area contributed by atoms with Crippen molar-refractivity contribution in [1.82, 2.24) is 0 Å². The molecule has 0 aromatic heterocycles. The van der Waals surface area contributed by atoms with Crippen molar-refractivity contribution < 1.29 is 4.79 Å². The van der Waals surface area contributed by atoms with Gasteiger partial charge in [-0.3, -0.25) is 4.79 Å². The number of Topliss-reactive ketones (excluding diaryl/α,β-unsaturated/α-hetero) is 1. The first-order valence-corrected chi connectivity index (χ1v) is 6.51. The van der Waals surface area contributed by atoms with Crippen LogP contribution in [0.25, 0.3) is 0 Å². The van der Waals surface area contributed by atoms with Gasteiger partial charge in [0.2, 0.25) is 0 Å². The Labute approximate surface area is 103 Å². The van der Waals surface area contributed by atoms with Crippen molar-refractivity contribution in [1.29, 1.82) is 0 Å². The summed E-state index contributed by atoms with van der Waals surface area (Å²) in [5.41, 5.74) is 7.71. The maximum Gasteiger partial charge on any atom is 0.165 e. The van der Waals surface area contributed by atoms with Crippen LogP contribution in [-0.4, -0.2) is 12.3 Å². The Hall–Kier alpha value is -1.15. The SMILES string of the molecule is Cc1cccc(C(=O)C2CCC(CN)CC2)c1. The van der Waals surface area contributed by atoms with Gasteiger partial charge in [-0.1, -0.05) is 23.8 Å². The Balaban J connectivity index is 2.02. The van der Waals surface area contributed by atoms with Crippen LogP contribution in [0.4, 0.5) is 0 Å². The zero-order valence-electron chi connectivity index (χ0n) is 10.5. The Morgan fingerprint density at radius 3 is 2.59 bits per heavy atom. The third-order valence-corrected chi connectivity index (χ3v) is 3.85. The summed E-state index contributed by atoms with van der Waals surface area (Å²) in [5, 5.41) is 0. The number of carbonyl (C=O) groups excluding carboxylic acids is 1. The van der Waals surface area contributed by atoms with Crippen LogP contribution < -0.4 is 5.73 Å². The van der Waals surface area contributed by atoms with E-state index in [-0.39, 0.29) is 5.92 Å². The fourth-order valence-corrected chi connectivity index (χ4v) is 2.69. The van der Waals surface area contributed by atoms with E-state index in [1.54, 1.807) is 0 Å². The van der Waals surface area contributed by atoms with Gasteiger partial charge in [-0.25, -0.2) is 0 Å². The molecular formula is C15H21NO. The average molecular weight is 231 g/mol. The standard InChI is InChI=1S/C15H21NO/c1-11-3-2-4-14(9-11)15(17)13-7-5-12(10-16)6-8-13/h2-4,9,12-13H,5-8,10,16H2,1H3. The first kappa shape index (κ1) is 12.3. The van der Waals surface area contributed by atoms with Gasteiger partial charge in [0.1, 0.15) is 0 Å². The fraction of sp³-hybridized carbons (Fsp3) is 0.533. The van der Waals surface area contributed by atoms with Crippen LogP contribution in [0.5, 0.6) is 0 Å². The summed E-state index contributed by atoms with van der Waals surface area (Å²) < 4.78 is 0. The first-order chi connectivity index (χ1) is 8.20. The quantitative estimate of drug-likeness (QED) is 0.813. The van der Waals surface area contributed by atoms with E-state index in [9.17, 15) is 4.79 Å². The van der Waals surface area contributed by atoms with Crippen molar-refractivity contribution in [3.05, 3.63) is 35.4 Å². The first-order valence-electron chi connectivity index (χ1n) is 6.51. The van der Waals surface area contributed by atoms with Crippen LogP contribution in [0.15, 0.2) is 24.3 Å². The summed E-state index contributed by atoms with van der Waals surface area (Å²) in [4.78, 5) is 12.3. The van der Waals surface area contributed by atoms with Crippen molar-refractivity contribution in [3.63, 3.8) is 0 Å². The predicted molar refractivity (Wildman–Crippen MR) is 70.0 cm³/mol. The maximum atomic E-state index is 12.3. The van der Waals surface area contributed by atoms with E-state index in [1.165, 1.54) is 0 Å². The Kier molecular flexibility index (Phi) is 3.95. The topological polar surface area (TPSA) is 43.1 Å². The minimum atomic E-state index is 0.222. The lowest BCUT2D eigenvalue weighted by Crippen LogP contribution is -2.25. The molecule has 0 unspecified atom stereocenters. The highest BCUT2D eigenvalue weighted by molar-refractivity contribution is 5.98. The highest BCUT2D eigenvalue weighted by Crippen LogP contribution is 2.30. The molecule has 1 aromatic carbocycles. The second kappa shape index (κ2) is 5.46. The van der Waals surface area contributed by atoms with Gasteiger partial charge in [0.05, 0.1) is 0 Å². The van der Waals surface area contributed by atoms with Crippen LogP contribution in [0.3, 0.4) is 0 Å². The zero-order valence-corrected chi connectivity index (χ0v) is 10.5. The van der Waals surface area contributed by atoms with Gasteiger partial charge in [0, 0.05) is 11.5 Å². The van der Waals surface area contributed by atoms with Crippen LogP contribution in [-0.2, 0) is 0 Å². The molecule has 0 atom stereocenters. The second-order valence-electron chi connectivity index (χ2n) is 5.19. The van der Waals surface area contributed by atoms with Gasteiger partial charge >= 0.3 is 0 Å². The Bertz CT molecular complexity index is 392. The molecule has 1 fully saturated rings. The fourth-order valence-electron chi connectivity index (χ4n) is 2.69. The zero-order chi connectivity index (χ0) is 12.3. The van der Waals surface area contributed by atoms with Gasteiger partial charge < -0.3 is 5.73 Å².